The lowest BCUT2D eigenvalue weighted by atomic mass is 10.0. The maximum Gasteiger partial charge on any atom is 0.255 e. The number of nitrogens with one attached hydrogen (secondary N) is 2. The minimum absolute atomic E-state index is 0.140. The van der Waals surface area contributed by atoms with Crippen LogP contribution in [-0.2, 0) is 0 Å². The summed E-state index contributed by atoms with van der Waals surface area (Å²) in [7, 11) is 0. The van der Waals surface area contributed by atoms with Gasteiger partial charge < -0.3 is 10.6 Å². The molecule has 4 aromatic rings. The second-order valence-corrected chi connectivity index (χ2v) is 8.56. The summed E-state index contributed by atoms with van der Waals surface area (Å²) in [5, 5.41) is 5.98. The molecule has 0 bridgehead atoms. The third-order valence-electron chi connectivity index (χ3n) is 6.33. The molecule has 0 atom stereocenters. The first kappa shape index (κ1) is 23.0. The van der Waals surface area contributed by atoms with Gasteiger partial charge in [-0.15, -0.1) is 0 Å². The van der Waals surface area contributed by atoms with E-state index in [0.717, 1.165) is 44.8 Å². The van der Waals surface area contributed by atoms with E-state index in [1.54, 1.807) is 0 Å². The van der Waals surface area contributed by atoms with Crippen molar-refractivity contribution in [2.24, 2.45) is 0 Å². The quantitative estimate of drug-likeness (QED) is 0.342. The maximum absolute atomic E-state index is 12.7. The molecular weight excluding hydrogens is 420 g/mol. The van der Waals surface area contributed by atoms with E-state index in [9.17, 15) is 9.59 Å². The van der Waals surface area contributed by atoms with Crippen LogP contribution in [0.3, 0.4) is 0 Å². The first-order valence-electron chi connectivity index (χ1n) is 11.3. The molecule has 4 aromatic carbocycles. The van der Waals surface area contributed by atoms with Gasteiger partial charge in [0.2, 0.25) is 0 Å². The van der Waals surface area contributed by atoms with Crippen molar-refractivity contribution >= 4 is 23.2 Å². The average molecular weight is 449 g/mol. The number of rotatable bonds is 5. The van der Waals surface area contributed by atoms with E-state index in [4.69, 9.17) is 0 Å². The van der Waals surface area contributed by atoms with E-state index >= 15 is 0 Å². The van der Waals surface area contributed by atoms with Crippen LogP contribution in [0.25, 0.3) is 11.1 Å². The summed E-state index contributed by atoms with van der Waals surface area (Å²) in [6.45, 7) is 8.05. The Morgan fingerprint density at radius 1 is 0.500 bits per heavy atom. The van der Waals surface area contributed by atoms with Gasteiger partial charge in [-0.25, -0.2) is 0 Å². The third kappa shape index (κ3) is 4.91. The summed E-state index contributed by atoms with van der Waals surface area (Å²) in [5.74, 6) is -0.280. The molecule has 2 amide bonds. The summed E-state index contributed by atoms with van der Waals surface area (Å²) in [6, 6.07) is 26.7. The molecule has 170 valence electrons. The Labute approximate surface area is 200 Å². The molecule has 0 aliphatic rings. The SMILES string of the molecule is Cc1cccc(NC(=O)c2ccc(-c3ccc(C(=O)Nc4cccc(C)c4C)cc3)cc2)c1C. The Bertz CT molecular complexity index is 1250. The molecule has 0 radical (unpaired) electrons. The van der Waals surface area contributed by atoms with E-state index in [1.165, 1.54) is 0 Å². The van der Waals surface area contributed by atoms with Gasteiger partial charge in [0.05, 0.1) is 0 Å². The van der Waals surface area contributed by atoms with Gasteiger partial charge in [0.15, 0.2) is 0 Å². The fourth-order valence-corrected chi connectivity index (χ4v) is 3.79. The van der Waals surface area contributed by atoms with E-state index in [0.29, 0.717) is 11.1 Å². The van der Waals surface area contributed by atoms with Crippen LogP contribution >= 0.6 is 0 Å². The molecule has 34 heavy (non-hydrogen) atoms. The topological polar surface area (TPSA) is 58.2 Å². The number of carbonyl (C=O) groups excluding carboxylic acids is 2. The second kappa shape index (κ2) is 9.75. The molecular formula is C30H28N2O2. The number of hydrogen-bond acceptors (Lipinski definition) is 2. The molecule has 0 aliphatic carbocycles. The normalized spacial score (nSPS) is 10.6. The van der Waals surface area contributed by atoms with Crippen LogP contribution in [0.1, 0.15) is 43.0 Å². The molecule has 0 saturated carbocycles. The summed E-state index contributed by atoms with van der Waals surface area (Å²) >= 11 is 0. The van der Waals surface area contributed by atoms with Crippen LogP contribution < -0.4 is 10.6 Å². The zero-order valence-electron chi connectivity index (χ0n) is 19.9. The standard InChI is InChI=1S/C30H28N2O2/c1-19-7-5-9-27(21(19)3)31-29(33)25-15-11-23(12-16-25)24-13-17-26(18-14-24)30(34)32-28-10-6-8-20(2)22(28)4/h5-18H,1-4H3,(H,31,33)(H,32,34). The zero-order chi connectivity index (χ0) is 24.2. The van der Waals surface area contributed by atoms with Gasteiger partial charge >= 0.3 is 0 Å². The van der Waals surface area contributed by atoms with Crippen LogP contribution in [-0.4, -0.2) is 11.8 Å². The average Bonchev–Trinajstić information content (AvgIpc) is 2.85. The fraction of sp³-hybridized carbons (Fsp3) is 0.133. The lowest BCUT2D eigenvalue weighted by Gasteiger charge is -2.11. The number of anilines is 2. The van der Waals surface area contributed by atoms with Crippen molar-refractivity contribution in [3.05, 3.63) is 118 Å². The molecule has 4 rings (SSSR count). The molecule has 4 heteroatoms. The first-order valence-corrected chi connectivity index (χ1v) is 11.3. The lowest BCUT2D eigenvalue weighted by Crippen LogP contribution is -2.13. The molecule has 0 fully saturated rings. The van der Waals surface area contributed by atoms with Crippen molar-refractivity contribution in [1.29, 1.82) is 0 Å². The number of carbonyl (C=O) groups is 2. The van der Waals surface area contributed by atoms with Gasteiger partial charge in [0.25, 0.3) is 11.8 Å². The molecule has 0 aliphatic heterocycles. The Balaban J connectivity index is 1.44. The van der Waals surface area contributed by atoms with Gasteiger partial charge in [-0.2, -0.15) is 0 Å². The largest absolute Gasteiger partial charge is 0.322 e. The summed E-state index contributed by atoms with van der Waals surface area (Å²) in [5.41, 5.74) is 9.19. The number of aryl methyl sites for hydroxylation is 2. The second-order valence-electron chi connectivity index (χ2n) is 8.56. The lowest BCUT2D eigenvalue weighted by molar-refractivity contribution is 0.101. The van der Waals surface area contributed by atoms with E-state index in [2.05, 4.69) is 10.6 Å². The van der Waals surface area contributed by atoms with Crippen LogP contribution in [0.2, 0.25) is 0 Å². The summed E-state index contributed by atoms with van der Waals surface area (Å²) < 4.78 is 0. The van der Waals surface area contributed by atoms with Crippen LogP contribution in [0.4, 0.5) is 11.4 Å². The maximum atomic E-state index is 12.7. The highest BCUT2D eigenvalue weighted by atomic mass is 16.2. The molecule has 0 unspecified atom stereocenters. The minimum Gasteiger partial charge on any atom is -0.322 e. The molecule has 2 N–H and O–H groups in total. The Kier molecular flexibility index (Phi) is 6.60. The number of benzene rings is 4. The van der Waals surface area contributed by atoms with Gasteiger partial charge in [-0.1, -0.05) is 48.5 Å². The van der Waals surface area contributed by atoms with Gasteiger partial charge in [0, 0.05) is 22.5 Å². The highest BCUT2D eigenvalue weighted by molar-refractivity contribution is 6.06. The van der Waals surface area contributed by atoms with Gasteiger partial charge in [-0.3, -0.25) is 9.59 Å². The monoisotopic (exact) mass is 448 g/mol. The van der Waals surface area contributed by atoms with Crippen molar-refractivity contribution in [2.75, 3.05) is 10.6 Å². The van der Waals surface area contributed by atoms with Crippen molar-refractivity contribution in [2.45, 2.75) is 27.7 Å². The molecule has 0 aromatic heterocycles. The first-order chi connectivity index (χ1) is 16.3. The Morgan fingerprint density at radius 3 is 1.21 bits per heavy atom. The Hall–Kier alpha value is -4.18. The molecule has 0 saturated heterocycles. The van der Waals surface area contributed by atoms with Crippen LogP contribution in [0.15, 0.2) is 84.9 Å². The van der Waals surface area contributed by atoms with Crippen molar-refractivity contribution < 1.29 is 9.59 Å². The fourth-order valence-electron chi connectivity index (χ4n) is 3.79. The van der Waals surface area contributed by atoms with Crippen molar-refractivity contribution in [1.82, 2.24) is 0 Å². The zero-order valence-corrected chi connectivity index (χ0v) is 19.9. The smallest absolute Gasteiger partial charge is 0.255 e. The molecule has 0 spiro atoms. The van der Waals surface area contributed by atoms with E-state index in [-0.39, 0.29) is 11.8 Å². The predicted molar refractivity (Wildman–Crippen MR) is 140 cm³/mol. The molecule has 4 nitrogen and oxygen atoms in total. The van der Waals surface area contributed by atoms with Crippen molar-refractivity contribution in [3.63, 3.8) is 0 Å². The van der Waals surface area contributed by atoms with Gasteiger partial charge in [-0.05, 0) is 97.5 Å². The number of amides is 2. The highest BCUT2D eigenvalue weighted by Crippen LogP contribution is 2.23. The van der Waals surface area contributed by atoms with Gasteiger partial charge in [0.1, 0.15) is 0 Å². The summed E-state index contributed by atoms with van der Waals surface area (Å²) in [4.78, 5) is 25.4. The van der Waals surface area contributed by atoms with Crippen LogP contribution in [0, 0.1) is 27.7 Å². The van der Waals surface area contributed by atoms with Crippen LogP contribution in [0.5, 0.6) is 0 Å². The predicted octanol–water partition coefficient (Wildman–Crippen LogP) is 7.09. The van der Waals surface area contributed by atoms with Crippen molar-refractivity contribution in [3.8, 4) is 11.1 Å². The summed E-state index contributed by atoms with van der Waals surface area (Å²) in [6.07, 6.45) is 0. The Morgan fingerprint density at radius 2 is 0.853 bits per heavy atom. The van der Waals surface area contributed by atoms with E-state index in [1.807, 2.05) is 113 Å². The number of hydrogen-bond donors (Lipinski definition) is 2. The minimum atomic E-state index is -0.140. The molecule has 0 heterocycles. The van der Waals surface area contributed by atoms with E-state index < -0.39 is 0 Å². The highest BCUT2D eigenvalue weighted by Gasteiger charge is 2.11. The third-order valence-corrected chi connectivity index (χ3v) is 6.33.